The molecular formula is C14H9BrCl2FNO2. The lowest BCUT2D eigenvalue weighted by Crippen LogP contribution is -2.20. The smallest absolute Gasteiger partial charge is 0.262 e. The summed E-state index contributed by atoms with van der Waals surface area (Å²) < 4.78 is 19.4. The number of rotatable bonds is 4. The Balaban J connectivity index is 1.97. The van der Waals surface area contributed by atoms with Crippen LogP contribution in [0.3, 0.4) is 0 Å². The minimum atomic E-state index is -0.543. The van der Waals surface area contributed by atoms with Gasteiger partial charge in [-0.25, -0.2) is 4.39 Å². The molecule has 2 aromatic rings. The number of anilines is 1. The number of benzene rings is 2. The molecule has 2 aromatic carbocycles. The Labute approximate surface area is 139 Å². The highest BCUT2D eigenvalue weighted by Crippen LogP contribution is 2.27. The van der Waals surface area contributed by atoms with Crippen LogP contribution < -0.4 is 10.1 Å². The fourth-order valence-electron chi connectivity index (χ4n) is 1.51. The van der Waals surface area contributed by atoms with Gasteiger partial charge in [0.25, 0.3) is 5.91 Å². The molecule has 0 aromatic heterocycles. The Hall–Kier alpha value is -1.30. The van der Waals surface area contributed by atoms with E-state index < -0.39 is 11.7 Å². The van der Waals surface area contributed by atoms with E-state index in [9.17, 15) is 9.18 Å². The van der Waals surface area contributed by atoms with Crippen molar-refractivity contribution in [2.24, 2.45) is 0 Å². The van der Waals surface area contributed by atoms with Crippen LogP contribution in [0.5, 0.6) is 5.75 Å². The standard InChI is InChI=1S/C14H9BrCl2FNO2/c15-8-1-4-12(11(18)5-8)19-14(20)7-21-13-6-9(16)2-3-10(13)17/h1-6H,7H2,(H,19,20). The number of carbonyl (C=O) groups excluding carboxylic acids is 1. The molecule has 7 heteroatoms. The Bertz CT molecular complexity index is 682. The summed E-state index contributed by atoms with van der Waals surface area (Å²) >= 11 is 14.8. The minimum absolute atomic E-state index is 0.0731. The first-order valence-electron chi connectivity index (χ1n) is 5.78. The van der Waals surface area contributed by atoms with E-state index in [2.05, 4.69) is 21.2 Å². The van der Waals surface area contributed by atoms with Gasteiger partial charge in [-0.3, -0.25) is 4.79 Å². The molecule has 0 atom stereocenters. The van der Waals surface area contributed by atoms with E-state index in [1.54, 1.807) is 18.2 Å². The summed E-state index contributed by atoms with van der Waals surface area (Å²) in [7, 11) is 0. The summed E-state index contributed by atoms with van der Waals surface area (Å²) in [5, 5.41) is 3.18. The molecule has 0 unspecified atom stereocenters. The van der Waals surface area contributed by atoms with Crippen molar-refractivity contribution in [2.45, 2.75) is 0 Å². The average molecular weight is 393 g/mol. The van der Waals surface area contributed by atoms with Crippen molar-refractivity contribution in [3.8, 4) is 5.75 Å². The molecule has 3 nitrogen and oxygen atoms in total. The summed E-state index contributed by atoms with van der Waals surface area (Å²) in [6.45, 7) is -0.310. The molecule has 21 heavy (non-hydrogen) atoms. The molecule has 1 N–H and O–H groups in total. The molecule has 1 amide bonds. The lowest BCUT2D eigenvalue weighted by atomic mass is 10.3. The van der Waals surface area contributed by atoms with Gasteiger partial charge in [-0.2, -0.15) is 0 Å². The van der Waals surface area contributed by atoms with E-state index >= 15 is 0 Å². The quantitative estimate of drug-likeness (QED) is 0.802. The number of halogens is 4. The summed E-state index contributed by atoms with van der Waals surface area (Å²) in [4.78, 5) is 11.7. The molecule has 2 rings (SSSR count). The van der Waals surface area contributed by atoms with Crippen LogP contribution in [0, 0.1) is 5.82 Å². The largest absolute Gasteiger partial charge is 0.482 e. The maximum atomic E-state index is 13.6. The van der Waals surface area contributed by atoms with Crippen molar-refractivity contribution in [3.05, 3.63) is 56.7 Å². The van der Waals surface area contributed by atoms with Crippen molar-refractivity contribution in [3.63, 3.8) is 0 Å². The van der Waals surface area contributed by atoms with Crippen LogP contribution in [-0.2, 0) is 4.79 Å². The van der Waals surface area contributed by atoms with Crippen molar-refractivity contribution in [1.82, 2.24) is 0 Å². The average Bonchev–Trinajstić information content (AvgIpc) is 2.43. The molecule has 0 heterocycles. The molecule has 0 saturated carbocycles. The lowest BCUT2D eigenvalue weighted by Gasteiger charge is -2.09. The number of amides is 1. The van der Waals surface area contributed by atoms with Gasteiger partial charge in [0.15, 0.2) is 6.61 Å². The first kappa shape index (κ1) is 16.1. The first-order chi connectivity index (χ1) is 9.95. The van der Waals surface area contributed by atoms with Crippen molar-refractivity contribution in [2.75, 3.05) is 11.9 Å². The highest BCUT2D eigenvalue weighted by Gasteiger charge is 2.10. The number of nitrogens with one attached hydrogen (secondary N) is 1. The highest BCUT2D eigenvalue weighted by atomic mass is 79.9. The van der Waals surface area contributed by atoms with Gasteiger partial charge in [0.1, 0.15) is 11.6 Å². The van der Waals surface area contributed by atoms with Crippen molar-refractivity contribution in [1.29, 1.82) is 0 Å². The molecule has 0 fully saturated rings. The first-order valence-corrected chi connectivity index (χ1v) is 7.33. The van der Waals surface area contributed by atoms with Crippen LogP contribution in [0.25, 0.3) is 0 Å². The van der Waals surface area contributed by atoms with Gasteiger partial charge in [-0.1, -0.05) is 39.1 Å². The van der Waals surface area contributed by atoms with Crippen molar-refractivity contribution < 1.29 is 13.9 Å². The third-order valence-electron chi connectivity index (χ3n) is 2.46. The molecule has 0 spiro atoms. The molecular weight excluding hydrogens is 384 g/mol. The third-order valence-corrected chi connectivity index (χ3v) is 3.50. The van der Waals surface area contributed by atoms with Crippen LogP contribution >= 0.6 is 39.1 Å². The lowest BCUT2D eigenvalue weighted by molar-refractivity contribution is -0.118. The molecule has 0 radical (unpaired) electrons. The van der Waals surface area contributed by atoms with Gasteiger partial charge < -0.3 is 10.1 Å². The summed E-state index contributed by atoms with van der Waals surface area (Å²) in [6.07, 6.45) is 0. The van der Waals surface area contributed by atoms with Gasteiger partial charge in [-0.15, -0.1) is 0 Å². The maximum absolute atomic E-state index is 13.6. The zero-order valence-electron chi connectivity index (χ0n) is 10.5. The van der Waals surface area contributed by atoms with E-state index in [1.807, 2.05) is 0 Å². The number of hydrogen-bond donors (Lipinski definition) is 1. The molecule has 0 aliphatic rings. The van der Waals surface area contributed by atoms with Crippen molar-refractivity contribution >= 4 is 50.7 Å². The van der Waals surface area contributed by atoms with E-state index in [0.29, 0.717) is 14.5 Å². The zero-order chi connectivity index (χ0) is 15.4. The predicted octanol–water partition coefficient (Wildman–Crippen LogP) is 4.91. The fourth-order valence-corrected chi connectivity index (χ4v) is 2.18. The Morgan fingerprint density at radius 3 is 2.71 bits per heavy atom. The zero-order valence-corrected chi connectivity index (χ0v) is 13.6. The monoisotopic (exact) mass is 391 g/mol. The number of ether oxygens (including phenoxy) is 1. The molecule has 0 aliphatic heterocycles. The minimum Gasteiger partial charge on any atom is -0.482 e. The van der Waals surface area contributed by atoms with E-state index in [4.69, 9.17) is 27.9 Å². The Kier molecular flexibility index (Phi) is 5.45. The Morgan fingerprint density at radius 1 is 1.24 bits per heavy atom. The topological polar surface area (TPSA) is 38.3 Å². The predicted molar refractivity (Wildman–Crippen MR) is 84.7 cm³/mol. The molecule has 110 valence electrons. The molecule has 0 saturated heterocycles. The summed E-state index contributed by atoms with van der Waals surface area (Å²) in [6, 6.07) is 8.98. The van der Waals surface area contributed by atoms with Gasteiger partial charge in [0.2, 0.25) is 0 Å². The van der Waals surface area contributed by atoms with Crippen LogP contribution in [0.1, 0.15) is 0 Å². The summed E-state index contributed by atoms with van der Waals surface area (Å²) in [5.74, 6) is -0.763. The second-order valence-corrected chi connectivity index (χ2v) is 5.80. The van der Waals surface area contributed by atoms with Crippen LogP contribution in [-0.4, -0.2) is 12.5 Å². The normalized spacial score (nSPS) is 10.3. The van der Waals surface area contributed by atoms with Gasteiger partial charge in [0.05, 0.1) is 10.7 Å². The van der Waals surface area contributed by atoms with E-state index in [1.165, 1.54) is 18.2 Å². The Morgan fingerprint density at radius 2 is 2.00 bits per heavy atom. The van der Waals surface area contributed by atoms with Gasteiger partial charge >= 0.3 is 0 Å². The number of carbonyl (C=O) groups is 1. The van der Waals surface area contributed by atoms with E-state index in [-0.39, 0.29) is 18.0 Å². The fraction of sp³-hybridized carbons (Fsp3) is 0.0714. The van der Waals surface area contributed by atoms with Gasteiger partial charge in [0, 0.05) is 15.6 Å². The SMILES string of the molecule is O=C(COc1cc(Cl)ccc1Cl)Nc1ccc(Br)cc1F. The number of hydrogen-bond acceptors (Lipinski definition) is 2. The third kappa shape index (κ3) is 4.59. The highest BCUT2D eigenvalue weighted by molar-refractivity contribution is 9.10. The second-order valence-electron chi connectivity index (χ2n) is 4.04. The summed E-state index contributed by atoms with van der Waals surface area (Å²) in [5.41, 5.74) is 0.0731. The van der Waals surface area contributed by atoms with Crippen LogP contribution in [0.4, 0.5) is 10.1 Å². The van der Waals surface area contributed by atoms with Crippen LogP contribution in [0.2, 0.25) is 10.0 Å². The molecule has 0 aliphatic carbocycles. The second kappa shape index (κ2) is 7.11. The van der Waals surface area contributed by atoms with E-state index in [0.717, 1.165) is 0 Å². The van der Waals surface area contributed by atoms with Gasteiger partial charge in [-0.05, 0) is 30.3 Å². The van der Waals surface area contributed by atoms with Crippen LogP contribution in [0.15, 0.2) is 40.9 Å². The maximum Gasteiger partial charge on any atom is 0.262 e. The molecule has 0 bridgehead atoms.